The number of fused-ring (bicyclic) bond motifs is 1. The van der Waals surface area contributed by atoms with Crippen molar-refractivity contribution in [2.75, 3.05) is 16.3 Å². The van der Waals surface area contributed by atoms with Crippen LogP contribution in [-0.2, 0) is 16.1 Å². The summed E-state index contributed by atoms with van der Waals surface area (Å²) in [6.07, 6.45) is 0.162. The highest BCUT2D eigenvalue weighted by Crippen LogP contribution is 2.33. The van der Waals surface area contributed by atoms with Crippen molar-refractivity contribution in [3.05, 3.63) is 103 Å². The summed E-state index contributed by atoms with van der Waals surface area (Å²) in [5, 5.41) is 12.4. The van der Waals surface area contributed by atoms with Crippen molar-refractivity contribution in [1.82, 2.24) is 0 Å². The maximum Gasteiger partial charge on any atom is 0.232 e. The van der Waals surface area contributed by atoms with Gasteiger partial charge in [-0.2, -0.15) is 0 Å². The quantitative estimate of drug-likeness (QED) is 0.472. The zero-order valence-corrected chi connectivity index (χ0v) is 18.1. The summed E-state index contributed by atoms with van der Waals surface area (Å²) in [6.45, 7) is 0.555. The number of amides is 2. The molecule has 0 spiro atoms. The number of hydrogen-bond donors (Lipinski definition) is 1. The Morgan fingerprint density at radius 2 is 1.58 bits per heavy atom. The van der Waals surface area contributed by atoms with Gasteiger partial charge in [0, 0.05) is 29.6 Å². The molecule has 5 rings (SSSR count). The first-order chi connectivity index (χ1) is 16.1. The third-order valence-electron chi connectivity index (χ3n) is 6.19. The van der Waals surface area contributed by atoms with Crippen molar-refractivity contribution in [2.24, 2.45) is 5.92 Å². The van der Waals surface area contributed by atoms with E-state index in [4.69, 9.17) is 0 Å². The topological polar surface area (TPSA) is 60.9 Å². The zero-order chi connectivity index (χ0) is 22.8. The first kappa shape index (κ1) is 20.8. The smallest absolute Gasteiger partial charge is 0.232 e. The molecule has 1 fully saturated rings. The lowest BCUT2D eigenvalue weighted by Crippen LogP contribution is -2.37. The van der Waals surface area contributed by atoms with Crippen molar-refractivity contribution >= 4 is 34.0 Å². The zero-order valence-electron chi connectivity index (χ0n) is 18.1. The van der Waals surface area contributed by atoms with Crippen molar-refractivity contribution in [3.63, 3.8) is 0 Å². The number of nitrogens with zero attached hydrogens (tertiary/aromatic N) is 2. The Kier molecular flexibility index (Phi) is 5.53. The molecule has 0 saturated carbocycles. The van der Waals surface area contributed by atoms with E-state index >= 15 is 0 Å². The third-order valence-corrected chi connectivity index (χ3v) is 6.19. The van der Waals surface area contributed by atoms with Gasteiger partial charge in [0.25, 0.3) is 0 Å². The number of carbonyl (C=O) groups excluding carboxylic acids is 2. The van der Waals surface area contributed by atoms with Crippen LogP contribution in [0.4, 0.5) is 11.4 Å². The largest absolute Gasteiger partial charge is 0.508 e. The Labute approximate surface area is 192 Å². The molecular formula is C28H24N2O3. The average Bonchev–Trinajstić information content (AvgIpc) is 3.25. The van der Waals surface area contributed by atoms with Crippen LogP contribution in [-0.4, -0.2) is 23.5 Å². The molecule has 33 heavy (non-hydrogen) atoms. The molecule has 1 saturated heterocycles. The van der Waals surface area contributed by atoms with E-state index in [9.17, 15) is 14.7 Å². The molecule has 1 heterocycles. The molecule has 2 amide bonds. The molecule has 164 valence electrons. The minimum atomic E-state index is -0.470. The van der Waals surface area contributed by atoms with E-state index in [1.54, 1.807) is 21.9 Å². The molecule has 0 radical (unpaired) electrons. The van der Waals surface area contributed by atoms with Gasteiger partial charge in [0.2, 0.25) is 11.8 Å². The van der Waals surface area contributed by atoms with Crippen LogP contribution in [0.25, 0.3) is 10.8 Å². The lowest BCUT2D eigenvalue weighted by atomic mass is 10.0. The van der Waals surface area contributed by atoms with Crippen molar-refractivity contribution in [3.8, 4) is 5.75 Å². The lowest BCUT2D eigenvalue weighted by molar-refractivity contribution is -0.124. The fraction of sp³-hybridized carbons (Fsp3) is 0.143. The SMILES string of the molecule is O=C1CC(C(=O)N(Cc2ccccc2O)c2cccc3ccccc23)CN1c1ccccc1. The molecule has 1 atom stereocenters. The molecule has 1 N–H and O–H groups in total. The lowest BCUT2D eigenvalue weighted by Gasteiger charge is -2.27. The van der Waals surface area contributed by atoms with E-state index in [2.05, 4.69) is 0 Å². The number of rotatable bonds is 5. The van der Waals surface area contributed by atoms with Gasteiger partial charge in [-0.1, -0.05) is 72.8 Å². The molecular weight excluding hydrogens is 412 g/mol. The highest BCUT2D eigenvalue weighted by molar-refractivity contribution is 6.08. The summed E-state index contributed by atoms with van der Waals surface area (Å²) < 4.78 is 0. The van der Waals surface area contributed by atoms with E-state index < -0.39 is 5.92 Å². The Hall–Kier alpha value is -4.12. The molecule has 0 bridgehead atoms. The van der Waals surface area contributed by atoms with Crippen LogP contribution >= 0.6 is 0 Å². The van der Waals surface area contributed by atoms with Gasteiger partial charge in [0.15, 0.2) is 0 Å². The van der Waals surface area contributed by atoms with Gasteiger partial charge in [-0.15, -0.1) is 0 Å². The number of para-hydroxylation sites is 2. The van der Waals surface area contributed by atoms with E-state index in [0.29, 0.717) is 12.1 Å². The minimum Gasteiger partial charge on any atom is -0.508 e. The van der Waals surface area contributed by atoms with Crippen LogP contribution < -0.4 is 9.80 Å². The monoisotopic (exact) mass is 436 g/mol. The van der Waals surface area contributed by atoms with Gasteiger partial charge < -0.3 is 14.9 Å². The molecule has 1 aliphatic heterocycles. The van der Waals surface area contributed by atoms with E-state index in [1.807, 2.05) is 84.9 Å². The summed E-state index contributed by atoms with van der Waals surface area (Å²) >= 11 is 0. The number of aromatic hydroxyl groups is 1. The number of phenols is 1. The normalized spacial score (nSPS) is 15.7. The van der Waals surface area contributed by atoms with Crippen molar-refractivity contribution in [2.45, 2.75) is 13.0 Å². The second-order valence-corrected chi connectivity index (χ2v) is 8.29. The van der Waals surface area contributed by atoms with Crippen LogP contribution in [0.1, 0.15) is 12.0 Å². The molecule has 4 aromatic carbocycles. The standard InChI is InChI=1S/C28H24N2O3/c31-26-16-7-5-10-21(26)18-30(25-15-8-11-20-9-4-6-14-24(20)25)28(33)22-17-27(32)29(19-22)23-12-2-1-3-13-23/h1-16,22,31H,17-19H2. The van der Waals surface area contributed by atoms with Crippen molar-refractivity contribution in [1.29, 1.82) is 0 Å². The summed E-state index contributed by atoms with van der Waals surface area (Å²) in [7, 11) is 0. The van der Waals surface area contributed by atoms with Gasteiger partial charge >= 0.3 is 0 Å². The van der Waals surface area contributed by atoms with Gasteiger partial charge in [-0.25, -0.2) is 0 Å². The molecule has 0 aromatic heterocycles. The second-order valence-electron chi connectivity index (χ2n) is 8.29. The van der Waals surface area contributed by atoms with Crippen LogP contribution in [0, 0.1) is 5.92 Å². The van der Waals surface area contributed by atoms with Crippen LogP contribution in [0.2, 0.25) is 0 Å². The number of benzene rings is 4. The predicted molar refractivity (Wildman–Crippen MR) is 130 cm³/mol. The fourth-order valence-electron chi connectivity index (χ4n) is 4.49. The van der Waals surface area contributed by atoms with E-state index in [0.717, 1.165) is 22.1 Å². The van der Waals surface area contributed by atoms with Crippen LogP contribution in [0.5, 0.6) is 5.75 Å². The Morgan fingerprint density at radius 1 is 0.879 bits per heavy atom. The highest BCUT2D eigenvalue weighted by atomic mass is 16.3. The number of phenolic OH excluding ortho intramolecular Hbond substituents is 1. The fourth-order valence-corrected chi connectivity index (χ4v) is 4.49. The molecule has 5 heteroatoms. The Morgan fingerprint density at radius 3 is 2.39 bits per heavy atom. The predicted octanol–water partition coefficient (Wildman–Crippen LogP) is 5.13. The Balaban J connectivity index is 1.52. The second kappa shape index (κ2) is 8.79. The van der Waals surface area contributed by atoms with Gasteiger partial charge in [0.05, 0.1) is 18.2 Å². The maximum atomic E-state index is 13.9. The minimum absolute atomic E-state index is 0.0556. The average molecular weight is 437 g/mol. The molecule has 0 aliphatic carbocycles. The van der Waals surface area contributed by atoms with Crippen LogP contribution in [0.15, 0.2) is 97.1 Å². The molecule has 4 aromatic rings. The molecule has 1 unspecified atom stereocenters. The van der Waals surface area contributed by atoms with Gasteiger partial charge in [0.1, 0.15) is 5.75 Å². The number of hydrogen-bond acceptors (Lipinski definition) is 3. The van der Waals surface area contributed by atoms with Crippen molar-refractivity contribution < 1.29 is 14.7 Å². The summed E-state index contributed by atoms with van der Waals surface area (Å²) in [4.78, 5) is 30.1. The van der Waals surface area contributed by atoms with Crippen LogP contribution in [0.3, 0.4) is 0 Å². The highest BCUT2D eigenvalue weighted by Gasteiger charge is 2.38. The Bertz CT molecular complexity index is 1310. The number of carbonyl (C=O) groups is 2. The summed E-state index contributed by atoms with van der Waals surface area (Å²) in [5.41, 5.74) is 2.23. The third kappa shape index (κ3) is 4.05. The molecule has 1 aliphatic rings. The summed E-state index contributed by atoms with van der Waals surface area (Å²) in [6, 6.07) is 30.3. The molecule has 5 nitrogen and oxygen atoms in total. The first-order valence-corrected chi connectivity index (χ1v) is 11.0. The van der Waals surface area contributed by atoms with Gasteiger partial charge in [-0.05, 0) is 29.7 Å². The number of anilines is 2. The maximum absolute atomic E-state index is 13.9. The van der Waals surface area contributed by atoms with Gasteiger partial charge in [-0.3, -0.25) is 9.59 Å². The van der Waals surface area contributed by atoms with E-state index in [1.165, 1.54) is 0 Å². The first-order valence-electron chi connectivity index (χ1n) is 11.0. The summed E-state index contributed by atoms with van der Waals surface area (Å²) in [5.74, 6) is -0.507. The van der Waals surface area contributed by atoms with E-state index in [-0.39, 0.29) is 30.5 Å².